The van der Waals surface area contributed by atoms with Crippen molar-refractivity contribution in [1.82, 2.24) is 4.72 Å². The highest BCUT2D eigenvalue weighted by Gasteiger charge is 2.22. The van der Waals surface area contributed by atoms with Gasteiger partial charge in [0, 0.05) is 11.2 Å². The third-order valence-electron chi connectivity index (χ3n) is 3.96. The van der Waals surface area contributed by atoms with Gasteiger partial charge in [-0.3, -0.25) is 4.79 Å². The van der Waals surface area contributed by atoms with Crippen LogP contribution < -0.4 is 14.8 Å². The average molecular weight is 419 g/mol. The summed E-state index contributed by atoms with van der Waals surface area (Å²) in [6.45, 7) is 11.5. The topological polar surface area (TPSA) is 84.5 Å². The molecule has 29 heavy (non-hydrogen) atoms. The number of carbonyl (C=O) groups excluding carboxylic acids is 1. The van der Waals surface area contributed by atoms with E-state index in [9.17, 15) is 13.2 Å². The van der Waals surface area contributed by atoms with Crippen LogP contribution in [0.15, 0.2) is 53.4 Å². The van der Waals surface area contributed by atoms with E-state index in [0.717, 1.165) is 0 Å². The molecule has 0 aliphatic heterocycles. The molecule has 0 saturated carbocycles. The fraction of sp³-hybridized carbons (Fsp3) is 0.409. The van der Waals surface area contributed by atoms with Crippen LogP contribution in [-0.2, 0) is 20.2 Å². The van der Waals surface area contributed by atoms with Crippen LogP contribution in [0, 0.1) is 0 Å². The van der Waals surface area contributed by atoms with Crippen LogP contribution in [0.2, 0.25) is 0 Å². The third-order valence-corrected chi connectivity index (χ3v) is 5.71. The first kappa shape index (κ1) is 22.9. The first-order chi connectivity index (χ1) is 13.3. The van der Waals surface area contributed by atoms with Gasteiger partial charge in [0.2, 0.25) is 10.0 Å². The lowest BCUT2D eigenvalue weighted by molar-refractivity contribution is -0.118. The van der Waals surface area contributed by atoms with Gasteiger partial charge in [-0.2, -0.15) is 0 Å². The molecule has 2 rings (SSSR count). The van der Waals surface area contributed by atoms with Gasteiger partial charge in [-0.1, -0.05) is 39.0 Å². The largest absolute Gasteiger partial charge is 0.484 e. The Bertz CT molecular complexity index is 954. The monoisotopic (exact) mass is 418 g/mol. The summed E-state index contributed by atoms with van der Waals surface area (Å²) in [5, 5.41) is 2.67. The second-order valence-electron chi connectivity index (χ2n) is 8.99. The van der Waals surface area contributed by atoms with E-state index in [4.69, 9.17) is 4.74 Å². The smallest absolute Gasteiger partial charge is 0.262 e. The normalized spacial score (nSPS) is 12.5. The molecule has 158 valence electrons. The summed E-state index contributed by atoms with van der Waals surface area (Å²) < 4.78 is 33.0. The lowest BCUT2D eigenvalue weighted by Crippen LogP contribution is -2.40. The van der Waals surface area contributed by atoms with E-state index in [1.165, 1.54) is 17.7 Å². The Balaban J connectivity index is 1.99. The average Bonchev–Trinajstić information content (AvgIpc) is 2.58. The lowest BCUT2D eigenvalue weighted by Gasteiger charge is -2.20. The number of sulfonamides is 1. The van der Waals surface area contributed by atoms with Crippen LogP contribution in [0.25, 0.3) is 0 Å². The molecule has 0 aromatic heterocycles. The molecule has 1 amide bonds. The van der Waals surface area contributed by atoms with Crippen LogP contribution in [0.3, 0.4) is 0 Å². The fourth-order valence-corrected chi connectivity index (χ4v) is 4.06. The van der Waals surface area contributed by atoms with Crippen molar-refractivity contribution < 1.29 is 17.9 Å². The number of hydrogen-bond donors (Lipinski definition) is 2. The number of nitrogens with one attached hydrogen (secondary N) is 2. The predicted molar refractivity (Wildman–Crippen MR) is 116 cm³/mol. The van der Waals surface area contributed by atoms with Gasteiger partial charge in [-0.05, 0) is 62.1 Å². The molecule has 0 aliphatic carbocycles. The molecular formula is C22H30N2O4S. The third kappa shape index (κ3) is 7.18. The number of amides is 1. The van der Waals surface area contributed by atoms with Crippen LogP contribution in [0.5, 0.6) is 5.75 Å². The predicted octanol–water partition coefficient (Wildman–Crippen LogP) is 4.08. The summed E-state index contributed by atoms with van der Waals surface area (Å²) in [6.07, 6.45) is 0. The van der Waals surface area contributed by atoms with Gasteiger partial charge in [-0.25, -0.2) is 13.1 Å². The van der Waals surface area contributed by atoms with Crippen LogP contribution >= 0.6 is 0 Å². The highest BCUT2D eigenvalue weighted by atomic mass is 32.2. The molecule has 2 aromatic rings. The van der Waals surface area contributed by atoms with Crippen LogP contribution in [0.1, 0.15) is 47.1 Å². The Hall–Kier alpha value is -2.38. The van der Waals surface area contributed by atoms with Crippen molar-refractivity contribution in [2.75, 3.05) is 11.9 Å². The molecule has 0 spiro atoms. The van der Waals surface area contributed by atoms with Gasteiger partial charge in [0.05, 0.1) is 4.90 Å². The summed E-state index contributed by atoms with van der Waals surface area (Å²) in [6, 6.07) is 13.7. The van der Waals surface area contributed by atoms with Crippen LogP contribution in [-0.4, -0.2) is 26.5 Å². The lowest BCUT2D eigenvalue weighted by atomic mass is 9.87. The molecule has 2 N–H and O–H groups in total. The second-order valence-corrected chi connectivity index (χ2v) is 10.7. The van der Waals surface area contributed by atoms with Crippen molar-refractivity contribution in [3.05, 3.63) is 54.1 Å². The van der Waals surface area contributed by atoms with Crippen molar-refractivity contribution in [1.29, 1.82) is 0 Å². The molecule has 0 radical (unpaired) electrons. The van der Waals surface area contributed by atoms with Crippen molar-refractivity contribution in [2.45, 2.75) is 57.4 Å². The minimum Gasteiger partial charge on any atom is -0.484 e. The summed E-state index contributed by atoms with van der Waals surface area (Å²) in [7, 11) is -3.68. The Kier molecular flexibility index (Phi) is 6.75. The van der Waals surface area contributed by atoms with E-state index in [1.807, 2.05) is 24.3 Å². The molecule has 2 aromatic carbocycles. The zero-order valence-electron chi connectivity index (χ0n) is 17.9. The molecular weight excluding hydrogens is 388 g/mol. The summed E-state index contributed by atoms with van der Waals surface area (Å²) in [5.74, 6) is 0.224. The van der Waals surface area contributed by atoms with E-state index >= 15 is 0 Å². The number of rotatable bonds is 6. The molecule has 7 heteroatoms. The first-order valence-electron chi connectivity index (χ1n) is 9.43. The molecule has 0 bridgehead atoms. The van der Waals surface area contributed by atoms with Crippen molar-refractivity contribution >= 4 is 21.6 Å². The number of anilines is 1. The summed E-state index contributed by atoms with van der Waals surface area (Å²) in [5.41, 5.74) is 1.01. The van der Waals surface area contributed by atoms with Crippen molar-refractivity contribution in [2.24, 2.45) is 0 Å². The van der Waals surface area contributed by atoms with Gasteiger partial charge < -0.3 is 10.1 Å². The molecule has 0 unspecified atom stereocenters. The molecule has 0 atom stereocenters. The van der Waals surface area contributed by atoms with Crippen molar-refractivity contribution in [3.8, 4) is 5.75 Å². The molecule has 6 nitrogen and oxygen atoms in total. The van der Waals surface area contributed by atoms with E-state index in [-0.39, 0.29) is 22.8 Å². The maximum Gasteiger partial charge on any atom is 0.262 e. The van der Waals surface area contributed by atoms with E-state index < -0.39 is 15.6 Å². The maximum absolute atomic E-state index is 12.4. The zero-order chi connectivity index (χ0) is 21.9. The highest BCUT2D eigenvalue weighted by molar-refractivity contribution is 7.89. The minimum atomic E-state index is -3.68. The highest BCUT2D eigenvalue weighted by Crippen LogP contribution is 2.24. The Labute approximate surface area is 173 Å². The molecule has 0 saturated heterocycles. The second kappa shape index (κ2) is 8.55. The van der Waals surface area contributed by atoms with Gasteiger partial charge in [-0.15, -0.1) is 0 Å². The minimum absolute atomic E-state index is 0.0447. The standard InChI is InChI=1S/C22H30N2O4S/c1-21(2,3)16-10-12-18(13-11-16)28-15-20(25)23-17-8-7-9-19(14-17)29(26,27)24-22(4,5)6/h7-14,24H,15H2,1-6H3,(H,23,25). The molecule has 0 aliphatic rings. The van der Waals surface area contributed by atoms with Gasteiger partial charge in [0.25, 0.3) is 5.91 Å². The molecule has 0 heterocycles. The van der Waals surface area contributed by atoms with Gasteiger partial charge in [0.15, 0.2) is 6.61 Å². The van der Waals surface area contributed by atoms with E-state index in [2.05, 4.69) is 30.8 Å². The number of benzene rings is 2. The molecule has 0 fully saturated rings. The van der Waals surface area contributed by atoms with Crippen LogP contribution in [0.4, 0.5) is 5.69 Å². The SMILES string of the molecule is CC(C)(C)NS(=O)(=O)c1cccc(NC(=O)COc2ccc(C(C)(C)C)cc2)c1. The Morgan fingerprint density at radius 3 is 2.14 bits per heavy atom. The Morgan fingerprint density at radius 1 is 0.966 bits per heavy atom. The number of carbonyl (C=O) groups is 1. The summed E-state index contributed by atoms with van der Waals surface area (Å²) in [4.78, 5) is 12.3. The quantitative estimate of drug-likeness (QED) is 0.740. The zero-order valence-corrected chi connectivity index (χ0v) is 18.7. The fourth-order valence-electron chi connectivity index (χ4n) is 2.60. The van der Waals surface area contributed by atoms with E-state index in [1.54, 1.807) is 32.9 Å². The first-order valence-corrected chi connectivity index (χ1v) is 10.9. The maximum atomic E-state index is 12.4. The summed E-state index contributed by atoms with van der Waals surface area (Å²) >= 11 is 0. The van der Waals surface area contributed by atoms with E-state index in [0.29, 0.717) is 11.4 Å². The number of hydrogen-bond acceptors (Lipinski definition) is 4. The van der Waals surface area contributed by atoms with Crippen molar-refractivity contribution in [3.63, 3.8) is 0 Å². The Morgan fingerprint density at radius 2 is 1.59 bits per heavy atom. The van der Waals surface area contributed by atoms with Gasteiger partial charge >= 0.3 is 0 Å². The van der Waals surface area contributed by atoms with Gasteiger partial charge in [0.1, 0.15) is 5.75 Å². The number of ether oxygens (including phenoxy) is 1.